The maximum absolute atomic E-state index is 12.0. The number of rotatable bonds is 5. The molecule has 0 unspecified atom stereocenters. The van der Waals surface area contributed by atoms with Gasteiger partial charge in [0, 0.05) is 38.8 Å². The largest absolute Gasteiger partial charge is 0.352 e. The Kier molecular flexibility index (Phi) is 6.84. The molecule has 28 heavy (non-hydrogen) atoms. The quantitative estimate of drug-likeness (QED) is 0.622. The van der Waals surface area contributed by atoms with Gasteiger partial charge in [0.2, 0.25) is 0 Å². The molecule has 0 radical (unpaired) electrons. The lowest BCUT2D eigenvalue weighted by molar-refractivity contribution is 0.0955. The second-order valence-corrected chi connectivity index (χ2v) is 6.75. The van der Waals surface area contributed by atoms with E-state index < -0.39 is 0 Å². The van der Waals surface area contributed by atoms with Crippen LogP contribution in [0.5, 0.6) is 0 Å². The molecule has 2 aromatic carbocycles. The summed E-state index contributed by atoms with van der Waals surface area (Å²) < 4.78 is 0. The van der Waals surface area contributed by atoms with Crippen LogP contribution in [0.4, 0.5) is 0 Å². The van der Waals surface area contributed by atoms with Crippen molar-refractivity contribution in [3.63, 3.8) is 0 Å². The lowest BCUT2D eigenvalue weighted by Crippen LogP contribution is -2.43. The zero-order chi connectivity index (χ0) is 19.8. The maximum Gasteiger partial charge on any atom is 0.251 e. The Morgan fingerprint density at radius 2 is 1.93 bits per heavy atom. The fourth-order valence-corrected chi connectivity index (χ4v) is 3.37. The third-order valence-electron chi connectivity index (χ3n) is 4.84. The first-order chi connectivity index (χ1) is 13.7. The van der Waals surface area contributed by atoms with E-state index >= 15 is 0 Å². The second kappa shape index (κ2) is 9.74. The number of benzene rings is 2. The molecule has 0 bridgehead atoms. The molecule has 5 nitrogen and oxygen atoms in total. The van der Waals surface area contributed by atoms with Gasteiger partial charge in [-0.25, -0.2) is 0 Å². The van der Waals surface area contributed by atoms with Crippen LogP contribution in [0.2, 0.25) is 0 Å². The first-order valence-corrected chi connectivity index (χ1v) is 9.78. The molecule has 0 saturated heterocycles. The molecule has 0 spiro atoms. The minimum atomic E-state index is -0.0386. The van der Waals surface area contributed by atoms with E-state index in [4.69, 9.17) is 0 Å². The van der Waals surface area contributed by atoms with Gasteiger partial charge in [-0.1, -0.05) is 48.5 Å². The molecule has 1 aliphatic heterocycles. The molecular weight excluding hydrogens is 348 g/mol. The van der Waals surface area contributed by atoms with E-state index in [0.29, 0.717) is 18.7 Å². The minimum Gasteiger partial charge on any atom is -0.352 e. The fourth-order valence-electron chi connectivity index (χ4n) is 3.37. The number of amides is 1. The standard InChI is InChI=1S/C23H28N4O/c1-3-25-22(28)21-11-7-8-18(16-21)17-26-23(24-2)27-14-12-20(13-15-27)19-9-5-4-6-10-19/h4-12,16H,3,13-15,17H2,1-2H3,(H,24,26)(H,25,28). The molecule has 0 saturated carbocycles. The number of aliphatic imine (C=N–C) groups is 1. The van der Waals surface area contributed by atoms with E-state index in [9.17, 15) is 4.79 Å². The molecule has 1 amide bonds. The highest BCUT2D eigenvalue weighted by Gasteiger charge is 2.16. The van der Waals surface area contributed by atoms with Crippen LogP contribution in [0.1, 0.15) is 34.8 Å². The first kappa shape index (κ1) is 19.7. The van der Waals surface area contributed by atoms with Gasteiger partial charge in [0.05, 0.1) is 0 Å². The van der Waals surface area contributed by atoms with E-state index in [0.717, 1.165) is 31.0 Å². The van der Waals surface area contributed by atoms with E-state index in [1.54, 1.807) is 0 Å². The Bertz CT molecular complexity index is 858. The van der Waals surface area contributed by atoms with E-state index in [2.05, 4.69) is 50.9 Å². The highest BCUT2D eigenvalue weighted by molar-refractivity contribution is 5.94. The normalized spacial score (nSPS) is 14.4. The van der Waals surface area contributed by atoms with E-state index in [-0.39, 0.29) is 5.91 Å². The van der Waals surface area contributed by atoms with Crippen LogP contribution in [0.25, 0.3) is 5.57 Å². The summed E-state index contributed by atoms with van der Waals surface area (Å²) in [7, 11) is 1.81. The van der Waals surface area contributed by atoms with Crippen molar-refractivity contribution in [3.05, 3.63) is 77.4 Å². The molecule has 1 heterocycles. The smallest absolute Gasteiger partial charge is 0.251 e. The molecule has 0 aromatic heterocycles. The summed E-state index contributed by atoms with van der Waals surface area (Å²) in [5.41, 5.74) is 4.43. The maximum atomic E-state index is 12.0. The van der Waals surface area contributed by atoms with Crippen molar-refractivity contribution in [2.45, 2.75) is 19.9 Å². The van der Waals surface area contributed by atoms with Crippen LogP contribution in [-0.4, -0.2) is 43.4 Å². The Morgan fingerprint density at radius 3 is 2.61 bits per heavy atom. The fraction of sp³-hybridized carbons (Fsp3) is 0.304. The summed E-state index contributed by atoms with van der Waals surface area (Å²) in [6.07, 6.45) is 3.28. The lowest BCUT2D eigenvalue weighted by Gasteiger charge is -2.30. The van der Waals surface area contributed by atoms with Crippen LogP contribution in [0, 0.1) is 0 Å². The van der Waals surface area contributed by atoms with Gasteiger partial charge in [0.1, 0.15) is 0 Å². The van der Waals surface area contributed by atoms with Crippen molar-refractivity contribution in [2.75, 3.05) is 26.7 Å². The van der Waals surface area contributed by atoms with Crippen LogP contribution < -0.4 is 10.6 Å². The van der Waals surface area contributed by atoms with Gasteiger partial charge in [-0.15, -0.1) is 0 Å². The average Bonchev–Trinajstić information content (AvgIpc) is 2.76. The van der Waals surface area contributed by atoms with Crippen molar-refractivity contribution in [2.24, 2.45) is 4.99 Å². The topological polar surface area (TPSA) is 56.7 Å². The Balaban J connectivity index is 1.59. The monoisotopic (exact) mass is 376 g/mol. The van der Waals surface area contributed by atoms with Gasteiger partial charge in [-0.2, -0.15) is 0 Å². The molecule has 0 fully saturated rings. The number of carbonyl (C=O) groups is 1. The molecule has 3 rings (SSSR count). The molecule has 1 aliphatic rings. The third kappa shape index (κ3) is 5.00. The summed E-state index contributed by atoms with van der Waals surface area (Å²) >= 11 is 0. The average molecular weight is 377 g/mol. The summed E-state index contributed by atoms with van der Waals surface area (Å²) in [5, 5.41) is 6.26. The molecule has 0 aliphatic carbocycles. The molecular formula is C23H28N4O. The van der Waals surface area contributed by atoms with Crippen LogP contribution >= 0.6 is 0 Å². The summed E-state index contributed by atoms with van der Waals surface area (Å²) in [6.45, 7) is 4.94. The highest BCUT2D eigenvalue weighted by Crippen LogP contribution is 2.22. The lowest BCUT2D eigenvalue weighted by atomic mass is 10.00. The van der Waals surface area contributed by atoms with Crippen LogP contribution in [-0.2, 0) is 6.54 Å². The Labute approximate surface area is 167 Å². The van der Waals surface area contributed by atoms with Crippen molar-refractivity contribution < 1.29 is 4.79 Å². The number of carbonyl (C=O) groups excluding carboxylic acids is 1. The molecule has 2 aromatic rings. The highest BCUT2D eigenvalue weighted by atomic mass is 16.1. The van der Waals surface area contributed by atoms with Crippen molar-refractivity contribution in [1.82, 2.24) is 15.5 Å². The number of nitrogens with one attached hydrogen (secondary N) is 2. The third-order valence-corrected chi connectivity index (χ3v) is 4.84. The van der Waals surface area contributed by atoms with Crippen molar-refractivity contribution in [1.29, 1.82) is 0 Å². The summed E-state index contributed by atoms with van der Waals surface area (Å²) in [5.74, 6) is 0.843. The Hall–Kier alpha value is -3.08. The van der Waals surface area contributed by atoms with Crippen LogP contribution in [0.3, 0.4) is 0 Å². The molecule has 146 valence electrons. The number of guanidine groups is 1. The number of nitrogens with zero attached hydrogens (tertiary/aromatic N) is 2. The molecule has 0 atom stereocenters. The van der Waals surface area contributed by atoms with Gasteiger partial charge < -0.3 is 15.5 Å². The first-order valence-electron chi connectivity index (χ1n) is 9.78. The number of hydrogen-bond donors (Lipinski definition) is 2. The van der Waals surface area contributed by atoms with Gasteiger partial charge >= 0.3 is 0 Å². The second-order valence-electron chi connectivity index (χ2n) is 6.75. The zero-order valence-electron chi connectivity index (χ0n) is 16.6. The number of hydrogen-bond acceptors (Lipinski definition) is 2. The van der Waals surface area contributed by atoms with Crippen LogP contribution in [0.15, 0.2) is 65.7 Å². The van der Waals surface area contributed by atoms with Crippen molar-refractivity contribution >= 4 is 17.4 Å². The SMILES string of the molecule is CCNC(=O)c1cccc(CNC(=NC)N2CC=C(c3ccccc3)CC2)c1. The molecule has 5 heteroatoms. The predicted molar refractivity (Wildman–Crippen MR) is 115 cm³/mol. The van der Waals surface area contributed by atoms with E-state index in [1.807, 2.05) is 44.3 Å². The Morgan fingerprint density at radius 1 is 1.11 bits per heavy atom. The van der Waals surface area contributed by atoms with Crippen molar-refractivity contribution in [3.8, 4) is 0 Å². The summed E-state index contributed by atoms with van der Waals surface area (Å²) in [6, 6.07) is 18.2. The summed E-state index contributed by atoms with van der Waals surface area (Å²) in [4.78, 5) is 18.7. The minimum absolute atomic E-state index is 0.0386. The van der Waals surface area contributed by atoms with Gasteiger partial charge in [0.25, 0.3) is 5.91 Å². The van der Waals surface area contributed by atoms with Gasteiger partial charge in [0.15, 0.2) is 5.96 Å². The van der Waals surface area contributed by atoms with Gasteiger partial charge in [-0.05, 0) is 42.2 Å². The predicted octanol–water partition coefficient (Wildman–Crippen LogP) is 3.30. The molecule has 2 N–H and O–H groups in total. The zero-order valence-corrected chi connectivity index (χ0v) is 16.6. The van der Waals surface area contributed by atoms with E-state index in [1.165, 1.54) is 11.1 Å². The van der Waals surface area contributed by atoms with Gasteiger partial charge in [-0.3, -0.25) is 9.79 Å².